The van der Waals surface area contributed by atoms with Crippen LogP contribution in [0, 0.1) is 6.92 Å². The van der Waals surface area contributed by atoms with Crippen molar-refractivity contribution in [2.75, 3.05) is 23.4 Å². The van der Waals surface area contributed by atoms with Crippen LogP contribution in [0.5, 0.6) is 0 Å². The van der Waals surface area contributed by atoms with Crippen LogP contribution < -0.4 is 5.32 Å². The molecule has 20 heavy (non-hydrogen) atoms. The molecule has 1 aromatic rings. The third-order valence-electron chi connectivity index (χ3n) is 3.65. The van der Waals surface area contributed by atoms with Crippen LogP contribution in [0.15, 0.2) is 0 Å². The van der Waals surface area contributed by atoms with Crippen molar-refractivity contribution < 1.29 is 0 Å². The number of aryl methyl sites for hydroxylation is 1. The summed E-state index contributed by atoms with van der Waals surface area (Å²) in [5.74, 6) is 4.53. The van der Waals surface area contributed by atoms with E-state index < -0.39 is 0 Å². The molecule has 5 heteroatoms. The van der Waals surface area contributed by atoms with E-state index in [-0.39, 0.29) is 0 Å². The average molecular weight is 312 g/mol. The molecule has 1 aromatic heterocycles. The summed E-state index contributed by atoms with van der Waals surface area (Å²) in [5, 5.41) is 4.49. The zero-order chi connectivity index (χ0) is 14.5. The number of hydrogen-bond acceptors (Lipinski definition) is 5. The summed E-state index contributed by atoms with van der Waals surface area (Å²) in [6, 6.07) is 0. The molecule has 2 heterocycles. The minimum atomic E-state index is 0.446. The second kappa shape index (κ2) is 7.55. The average Bonchev–Trinajstić information content (AvgIpc) is 2.49. The smallest absolute Gasteiger partial charge is 0.145 e. The van der Waals surface area contributed by atoms with Gasteiger partial charge in [0.15, 0.2) is 0 Å². The predicted molar refractivity (Wildman–Crippen MR) is 92.0 cm³/mol. The van der Waals surface area contributed by atoms with Crippen LogP contribution in [0.3, 0.4) is 0 Å². The van der Waals surface area contributed by atoms with Crippen molar-refractivity contribution in [1.29, 1.82) is 0 Å². The normalized spacial score (nSPS) is 22.8. The van der Waals surface area contributed by atoms with Gasteiger partial charge < -0.3 is 5.32 Å². The molecular weight excluding hydrogens is 286 g/mol. The lowest BCUT2D eigenvalue weighted by molar-refractivity contribution is 0.738. The van der Waals surface area contributed by atoms with Crippen LogP contribution in [0.1, 0.15) is 49.5 Å². The van der Waals surface area contributed by atoms with Crippen molar-refractivity contribution >= 4 is 29.3 Å². The van der Waals surface area contributed by atoms with Crippen LogP contribution >= 0.6 is 23.5 Å². The van der Waals surface area contributed by atoms with Gasteiger partial charge in [-0.1, -0.05) is 13.8 Å². The van der Waals surface area contributed by atoms with E-state index >= 15 is 0 Å². The Morgan fingerprint density at radius 3 is 2.55 bits per heavy atom. The fraction of sp³-hybridized carbons (Fsp3) is 0.733. The van der Waals surface area contributed by atoms with Gasteiger partial charge in [-0.05, 0) is 26.7 Å². The largest absolute Gasteiger partial charge is 0.370 e. The predicted octanol–water partition coefficient (Wildman–Crippen LogP) is 4.08. The molecule has 1 aliphatic rings. The summed E-state index contributed by atoms with van der Waals surface area (Å²) in [5.41, 5.74) is 2.40. The number of rotatable bonds is 5. The van der Waals surface area contributed by atoms with Gasteiger partial charge in [-0.15, -0.1) is 11.8 Å². The summed E-state index contributed by atoms with van der Waals surface area (Å²) in [4.78, 5) is 9.71. The highest BCUT2D eigenvalue weighted by Gasteiger charge is 2.29. The summed E-state index contributed by atoms with van der Waals surface area (Å²) in [6.45, 7) is 9.60. The maximum atomic E-state index is 4.87. The molecule has 0 amide bonds. The molecule has 2 rings (SSSR count). The third kappa shape index (κ3) is 3.42. The summed E-state index contributed by atoms with van der Waals surface area (Å²) in [7, 11) is 0. The lowest BCUT2D eigenvalue weighted by Crippen LogP contribution is -2.22. The molecule has 2 atom stereocenters. The number of nitrogens with zero attached hydrogens (tertiary/aromatic N) is 2. The number of aromatic nitrogens is 2. The van der Waals surface area contributed by atoms with Gasteiger partial charge in [-0.2, -0.15) is 11.8 Å². The van der Waals surface area contributed by atoms with Gasteiger partial charge in [0, 0.05) is 34.6 Å². The van der Waals surface area contributed by atoms with E-state index in [2.05, 4.69) is 44.8 Å². The van der Waals surface area contributed by atoms with E-state index in [0.717, 1.165) is 24.6 Å². The van der Waals surface area contributed by atoms with E-state index in [1.165, 1.54) is 29.2 Å². The number of nitrogens with one attached hydrogen (secondary N) is 1. The van der Waals surface area contributed by atoms with E-state index in [9.17, 15) is 0 Å². The van der Waals surface area contributed by atoms with Gasteiger partial charge in [-0.3, -0.25) is 0 Å². The minimum Gasteiger partial charge on any atom is -0.370 e. The number of anilines is 1. The molecule has 1 aliphatic heterocycles. The molecule has 1 saturated heterocycles. The van der Waals surface area contributed by atoms with E-state index in [1.54, 1.807) is 0 Å². The van der Waals surface area contributed by atoms with E-state index in [0.29, 0.717) is 10.5 Å². The molecule has 112 valence electrons. The zero-order valence-electron chi connectivity index (χ0n) is 12.9. The van der Waals surface area contributed by atoms with Gasteiger partial charge in [0.1, 0.15) is 11.6 Å². The molecule has 0 radical (unpaired) electrons. The van der Waals surface area contributed by atoms with Gasteiger partial charge >= 0.3 is 0 Å². The Morgan fingerprint density at radius 1 is 1.15 bits per heavy atom. The Balaban J connectivity index is 2.36. The van der Waals surface area contributed by atoms with Crippen LogP contribution in [-0.4, -0.2) is 33.3 Å². The van der Waals surface area contributed by atoms with Crippen molar-refractivity contribution in [2.45, 2.75) is 51.0 Å². The Morgan fingerprint density at radius 2 is 1.90 bits per heavy atom. The first-order chi connectivity index (χ1) is 9.71. The zero-order valence-corrected chi connectivity index (χ0v) is 14.5. The second-order valence-electron chi connectivity index (χ2n) is 4.99. The Kier molecular flexibility index (Phi) is 6.02. The second-order valence-corrected chi connectivity index (χ2v) is 7.59. The van der Waals surface area contributed by atoms with Gasteiger partial charge in [0.25, 0.3) is 0 Å². The fourth-order valence-corrected chi connectivity index (χ4v) is 5.53. The van der Waals surface area contributed by atoms with Crippen molar-refractivity contribution in [1.82, 2.24) is 9.97 Å². The number of thioether (sulfide) groups is 2. The van der Waals surface area contributed by atoms with Crippen LogP contribution in [0.2, 0.25) is 0 Å². The van der Waals surface area contributed by atoms with Crippen LogP contribution in [0.4, 0.5) is 5.82 Å². The van der Waals surface area contributed by atoms with Gasteiger partial charge in [0.05, 0.1) is 5.25 Å². The van der Waals surface area contributed by atoms with Crippen molar-refractivity contribution in [3.8, 4) is 0 Å². The Bertz CT molecular complexity index is 451. The SMILES string of the molecule is CCNc1nc(C2SCCSC2CC)nc(CC)c1C. The van der Waals surface area contributed by atoms with Crippen molar-refractivity contribution in [3.63, 3.8) is 0 Å². The minimum absolute atomic E-state index is 0.446. The summed E-state index contributed by atoms with van der Waals surface area (Å²) < 4.78 is 0. The molecular formula is C15H25N3S2. The quantitative estimate of drug-likeness (QED) is 0.887. The van der Waals surface area contributed by atoms with Crippen molar-refractivity contribution in [2.24, 2.45) is 0 Å². The van der Waals surface area contributed by atoms with E-state index in [1.807, 2.05) is 11.8 Å². The van der Waals surface area contributed by atoms with E-state index in [4.69, 9.17) is 9.97 Å². The molecule has 2 unspecified atom stereocenters. The summed E-state index contributed by atoms with van der Waals surface area (Å²) in [6.07, 6.45) is 2.17. The highest BCUT2D eigenvalue weighted by atomic mass is 32.2. The van der Waals surface area contributed by atoms with Crippen LogP contribution in [0.25, 0.3) is 0 Å². The topological polar surface area (TPSA) is 37.8 Å². The van der Waals surface area contributed by atoms with Crippen molar-refractivity contribution in [3.05, 3.63) is 17.1 Å². The first kappa shape index (κ1) is 16.0. The summed E-state index contributed by atoms with van der Waals surface area (Å²) >= 11 is 4.11. The van der Waals surface area contributed by atoms with Gasteiger partial charge in [0.2, 0.25) is 0 Å². The molecule has 0 aromatic carbocycles. The maximum absolute atomic E-state index is 4.87. The van der Waals surface area contributed by atoms with Gasteiger partial charge in [-0.25, -0.2) is 9.97 Å². The number of hydrogen-bond donors (Lipinski definition) is 1. The molecule has 1 fully saturated rings. The van der Waals surface area contributed by atoms with Crippen LogP contribution in [-0.2, 0) is 6.42 Å². The maximum Gasteiger partial charge on any atom is 0.145 e. The Labute approximate surface area is 131 Å². The molecule has 1 N–H and O–H groups in total. The molecule has 0 bridgehead atoms. The highest BCUT2D eigenvalue weighted by molar-refractivity contribution is 8.06. The molecule has 3 nitrogen and oxygen atoms in total. The lowest BCUT2D eigenvalue weighted by Gasteiger charge is -2.29. The molecule has 0 aliphatic carbocycles. The molecule has 0 saturated carbocycles. The fourth-order valence-electron chi connectivity index (χ4n) is 2.54. The lowest BCUT2D eigenvalue weighted by atomic mass is 10.1. The first-order valence-electron chi connectivity index (χ1n) is 7.55. The highest BCUT2D eigenvalue weighted by Crippen LogP contribution is 2.43. The monoisotopic (exact) mass is 311 g/mol. The first-order valence-corrected chi connectivity index (χ1v) is 9.65. The standard InChI is InChI=1S/C15H25N3S2/c1-5-11-10(4)14(16-7-3)18-15(17-11)13-12(6-2)19-8-9-20-13/h12-13H,5-9H2,1-4H3,(H,16,17,18). The molecule has 0 spiro atoms. The third-order valence-corrected chi connectivity index (χ3v) is 6.89. The Hall–Kier alpha value is -0.420.